The SMILES string of the molecule is Cc1ccc(C(=O)Nc2cc[nH+]cc2)o1. The van der Waals surface area contributed by atoms with Crippen molar-refractivity contribution in [1.29, 1.82) is 0 Å². The summed E-state index contributed by atoms with van der Waals surface area (Å²) in [5.74, 6) is 0.802. The second kappa shape index (κ2) is 3.96. The molecule has 0 atom stereocenters. The van der Waals surface area contributed by atoms with Crippen LogP contribution in [0.3, 0.4) is 0 Å². The van der Waals surface area contributed by atoms with E-state index >= 15 is 0 Å². The van der Waals surface area contributed by atoms with E-state index in [0.29, 0.717) is 5.76 Å². The number of aromatic nitrogens is 1. The Bertz CT molecular complexity index is 462. The molecule has 0 aliphatic heterocycles. The maximum Gasteiger partial charge on any atom is 0.291 e. The van der Waals surface area contributed by atoms with Crippen LogP contribution in [-0.4, -0.2) is 5.91 Å². The number of furan rings is 1. The van der Waals surface area contributed by atoms with E-state index in [0.717, 1.165) is 11.4 Å². The molecule has 1 amide bonds. The number of H-pyrrole nitrogens is 1. The van der Waals surface area contributed by atoms with Gasteiger partial charge in [-0.05, 0) is 19.1 Å². The fourth-order valence-corrected chi connectivity index (χ4v) is 1.22. The van der Waals surface area contributed by atoms with Crippen LogP contribution in [-0.2, 0) is 0 Å². The summed E-state index contributed by atoms with van der Waals surface area (Å²) in [6.45, 7) is 1.80. The number of hydrogen-bond donors (Lipinski definition) is 1. The van der Waals surface area contributed by atoms with Gasteiger partial charge in [-0.2, -0.15) is 0 Å². The number of aryl methyl sites for hydroxylation is 1. The number of hydrogen-bond acceptors (Lipinski definition) is 2. The maximum atomic E-state index is 11.6. The number of carbonyl (C=O) groups excluding carboxylic acids is 1. The molecule has 2 N–H and O–H groups in total. The number of pyridine rings is 1. The van der Waals surface area contributed by atoms with Crippen molar-refractivity contribution in [3.8, 4) is 0 Å². The lowest BCUT2D eigenvalue weighted by atomic mass is 10.3. The number of aromatic amines is 1. The molecule has 4 nitrogen and oxygen atoms in total. The summed E-state index contributed by atoms with van der Waals surface area (Å²) in [7, 11) is 0. The quantitative estimate of drug-likeness (QED) is 0.806. The molecule has 0 saturated heterocycles. The highest BCUT2D eigenvalue weighted by Crippen LogP contribution is 2.09. The number of amides is 1. The lowest BCUT2D eigenvalue weighted by Crippen LogP contribution is -2.11. The van der Waals surface area contributed by atoms with Crippen LogP contribution in [0.4, 0.5) is 5.69 Å². The zero-order valence-corrected chi connectivity index (χ0v) is 8.28. The Kier molecular flexibility index (Phi) is 2.49. The summed E-state index contributed by atoms with van der Waals surface area (Å²) >= 11 is 0. The Balaban J connectivity index is 2.11. The van der Waals surface area contributed by atoms with Gasteiger partial charge in [-0.25, -0.2) is 4.98 Å². The van der Waals surface area contributed by atoms with Gasteiger partial charge in [0.1, 0.15) is 5.76 Å². The van der Waals surface area contributed by atoms with Gasteiger partial charge in [0.2, 0.25) is 0 Å². The minimum absolute atomic E-state index is 0.241. The van der Waals surface area contributed by atoms with Gasteiger partial charge in [0.25, 0.3) is 5.91 Å². The van der Waals surface area contributed by atoms with E-state index in [1.165, 1.54) is 0 Å². The smallest absolute Gasteiger partial charge is 0.291 e. The van der Waals surface area contributed by atoms with Crippen LogP contribution >= 0.6 is 0 Å². The Morgan fingerprint density at radius 2 is 2.00 bits per heavy atom. The van der Waals surface area contributed by atoms with Crippen LogP contribution in [0.5, 0.6) is 0 Å². The molecule has 0 radical (unpaired) electrons. The second-order valence-corrected chi connectivity index (χ2v) is 3.15. The van der Waals surface area contributed by atoms with Crippen LogP contribution in [0.25, 0.3) is 0 Å². The summed E-state index contributed by atoms with van der Waals surface area (Å²) in [6.07, 6.45) is 3.48. The minimum Gasteiger partial charge on any atom is -0.456 e. The monoisotopic (exact) mass is 203 g/mol. The third-order valence-corrected chi connectivity index (χ3v) is 1.94. The third-order valence-electron chi connectivity index (χ3n) is 1.94. The predicted octanol–water partition coefficient (Wildman–Crippen LogP) is 1.65. The van der Waals surface area contributed by atoms with Crippen LogP contribution < -0.4 is 10.3 Å². The Hall–Kier alpha value is -2.10. The number of anilines is 1. The first-order chi connectivity index (χ1) is 7.25. The Labute approximate surface area is 86.9 Å². The summed E-state index contributed by atoms with van der Waals surface area (Å²) in [4.78, 5) is 14.5. The highest BCUT2D eigenvalue weighted by Gasteiger charge is 2.09. The van der Waals surface area contributed by atoms with Gasteiger partial charge >= 0.3 is 0 Å². The normalized spacial score (nSPS) is 9.93. The van der Waals surface area contributed by atoms with E-state index < -0.39 is 0 Å². The number of rotatable bonds is 2. The van der Waals surface area contributed by atoms with Crippen LogP contribution in [0.2, 0.25) is 0 Å². The molecule has 0 saturated carbocycles. The van der Waals surface area contributed by atoms with Crippen molar-refractivity contribution in [2.24, 2.45) is 0 Å². The molecule has 0 unspecified atom stereocenters. The molecule has 0 spiro atoms. The van der Waals surface area contributed by atoms with Crippen LogP contribution in [0, 0.1) is 6.92 Å². The molecule has 0 aliphatic rings. The molecule has 4 heteroatoms. The summed E-state index contributed by atoms with van der Waals surface area (Å²) in [5, 5.41) is 2.72. The molecular formula is C11H11N2O2+. The van der Waals surface area contributed by atoms with Gasteiger partial charge < -0.3 is 9.73 Å². The third kappa shape index (κ3) is 2.22. The summed E-state index contributed by atoms with van der Waals surface area (Å²) in [6, 6.07) is 6.95. The largest absolute Gasteiger partial charge is 0.456 e. The molecule has 2 aromatic heterocycles. The van der Waals surface area contributed by atoms with E-state index in [9.17, 15) is 4.79 Å². The first-order valence-electron chi connectivity index (χ1n) is 4.59. The highest BCUT2D eigenvalue weighted by molar-refractivity contribution is 6.02. The average Bonchev–Trinajstić information content (AvgIpc) is 2.66. The fraction of sp³-hybridized carbons (Fsp3) is 0.0909. The van der Waals surface area contributed by atoms with Gasteiger partial charge in [-0.1, -0.05) is 0 Å². The van der Waals surface area contributed by atoms with E-state index in [2.05, 4.69) is 10.3 Å². The van der Waals surface area contributed by atoms with Crippen molar-refractivity contribution in [3.05, 3.63) is 48.2 Å². The molecule has 2 aromatic rings. The van der Waals surface area contributed by atoms with Crippen molar-refractivity contribution in [1.82, 2.24) is 0 Å². The Morgan fingerprint density at radius 1 is 1.27 bits per heavy atom. The molecular weight excluding hydrogens is 192 g/mol. The zero-order chi connectivity index (χ0) is 10.7. The molecule has 15 heavy (non-hydrogen) atoms. The van der Waals surface area contributed by atoms with Crippen molar-refractivity contribution in [3.63, 3.8) is 0 Å². The lowest BCUT2D eigenvalue weighted by molar-refractivity contribution is -0.377. The van der Waals surface area contributed by atoms with Crippen molar-refractivity contribution in [2.75, 3.05) is 5.32 Å². The molecule has 0 aromatic carbocycles. The van der Waals surface area contributed by atoms with Gasteiger partial charge in [0.15, 0.2) is 18.2 Å². The summed E-state index contributed by atoms with van der Waals surface area (Å²) < 4.78 is 5.20. The molecule has 0 fully saturated rings. The molecule has 0 aliphatic carbocycles. The molecule has 2 heterocycles. The van der Waals surface area contributed by atoms with Gasteiger partial charge in [-0.15, -0.1) is 0 Å². The average molecular weight is 203 g/mol. The molecule has 2 rings (SSSR count). The minimum atomic E-state index is -0.241. The molecule has 76 valence electrons. The van der Waals surface area contributed by atoms with E-state index in [4.69, 9.17) is 4.42 Å². The van der Waals surface area contributed by atoms with E-state index in [-0.39, 0.29) is 5.91 Å². The summed E-state index contributed by atoms with van der Waals surface area (Å²) in [5.41, 5.74) is 0.729. The molecule has 0 bridgehead atoms. The van der Waals surface area contributed by atoms with E-state index in [1.54, 1.807) is 43.6 Å². The first-order valence-corrected chi connectivity index (χ1v) is 4.59. The van der Waals surface area contributed by atoms with Crippen LogP contribution in [0.1, 0.15) is 16.3 Å². The van der Waals surface area contributed by atoms with E-state index in [1.807, 2.05) is 0 Å². The number of carbonyl (C=O) groups is 1. The highest BCUT2D eigenvalue weighted by atomic mass is 16.3. The predicted molar refractivity (Wildman–Crippen MR) is 54.4 cm³/mol. The van der Waals surface area contributed by atoms with Crippen molar-refractivity contribution in [2.45, 2.75) is 6.92 Å². The maximum absolute atomic E-state index is 11.6. The number of nitrogens with one attached hydrogen (secondary N) is 2. The Morgan fingerprint density at radius 3 is 2.60 bits per heavy atom. The van der Waals surface area contributed by atoms with Crippen LogP contribution in [0.15, 0.2) is 41.1 Å². The van der Waals surface area contributed by atoms with Gasteiger partial charge in [0, 0.05) is 12.1 Å². The zero-order valence-electron chi connectivity index (χ0n) is 8.28. The van der Waals surface area contributed by atoms with Gasteiger partial charge in [0.05, 0.1) is 5.69 Å². The van der Waals surface area contributed by atoms with Gasteiger partial charge in [-0.3, -0.25) is 4.79 Å². The van der Waals surface area contributed by atoms with Crippen molar-refractivity contribution >= 4 is 11.6 Å². The second-order valence-electron chi connectivity index (χ2n) is 3.15. The fourth-order valence-electron chi connectivity index (χ4n) is 1.22. The first kappa shape index (κ1) is 9.45. The van der Waals surface area contributed by atoms with Crippen molar-refractivity contribution < 1.29 is 14.2 Å². The lowest BCUT2D eigenvalue weighted by Gasteiger charge is -1.99. The standard InChI is InChI=1S/C11H10N2O2/c1-8-2-3-10(15-8)11(14)13-9-4-6-12-7-5-9/h2-7H,1H3,(H,12,13,14)/p+1. The topological polar surface area (TPSA) is 56.4 Å².